The van der Waals surface area contributed by atoms with E-state index in [1.54, 1.807) is 12.1 Å². The third-order valence-electron chi connectivity index (χ3n) is 3.32. The summed E-state index contributed by atoms with van der Waals surface area (Å²) in [7, 11) is -2.03. The summed E-state index contributed by atoms with van der Waals surface area (Å²) >= 11 is 0. The summed E-state index contributed by atoms with van der Waals surface area (Å²) in [6.45, 7) is 3.86. The van der Waals surface area contributed by atoms with Crippen molar-refractivity contribution in [1.29, 1.82) is 0 Å². The topological polar surface area (TPSA) is 111 Å². The van der Waals surface area contributed by atoms with Crippen LogP contribution >= 0.6 is 12.4 Å². The first kappa shape index (κ1) is 21.5. The van der Waals surface area contributed by atoms with Crippen molar-refractivity contribution in [1.82, 2.24) is 0 Å². The van der Waals surface area contributed by atoms with Gasteiger partial charge in [-0.15, -0.1) is 12.4 Å². The van der Waals surface area contributed by atoms with Gasteiger partial charge in [-0.05, 0) is 24.1 Å². The van der Waals surface area contributed by atoms with Crippen molar-refractivity contribution >= 4 is 39.7 Å². The van der Waals surface area contributed by atoms with Gasteiger partial charge >= 0.3 is 0 Å². The molecule has 0 saturated carbocycles. The van der Waals surface area contributed by atoms with Gasteiger partial charge in [0.2, 0.25) is 15.9 Å². The summed E-state index contributed by atoms with van der Waals surface area (Å²) in [5.74, 6) is 0.0892. The highest BCUT2D eigenvalue weighted by Crippen LogP contribution is 2.28. The van der Waals surface area contributed by atoms with Crippen molar-refractivity contribution < 1.29 is 17.9 Å². The lowest BCUT2D eigenvalue weighted by atomic mass is 9.99. The van der Waals surface area contributed by atoms with E-state index in [4.69, 9.17) is 10.5 Å². The Hall–Kier alpha value is -1.51. The van der Waals surface area contributed by atoms with Crippen molar-refractivity contribution in [3.05, 3.63) is 18.2 Å². The number of nitrogens with one attached hydrogen (secondary N) is 2. The molecule has 0 radical (unpaired) electrons. The van der Waals surface area contributed by atoms with Crippen LogP contribution < -0.4 is 20.5 Å². The monoisotopic (exact) mass is 365 g/mol. The molecule has 0 spiro atoms. The quantitative estimate of drug-likeness (QED) is 0.682. The summed E-state index contributed by atoms with van der Waals surface area (Å²) in [4.78, 5) is 12.1. The van der Waals surface area contributed by atoms with E-state index in [1.807, 2.05) is 13.8 Å². The Bertz CT molecular complexity index is 637. The number of rotatable bonds is 7. The normalized spacial score (nSPS) is 13.4. The molecule has 0 saturated heterocycles. The predicted molar refractivity (Wildman–Crippen MR) is 94.8 cm³/mol. The molecule has 0 aliphatic heterocycles. The Morgan fingerprint density at radius 2 is 2.00 bits per heavy atom. The first-order valence-electron chi connectivity index (χ1n) is 6.90. The molecule has 0 bridgehead atoms. The van der Waals surface area contributed by atoms with Gasteiger partial charge < -0.3 is 15.8 Å². The zero-order valence-electron chi connectivity index (χ0n) is 13.6. The Balaban J connectivity index is 0.00000484. The summed E-state index contributed by atoms with van der Waals surface area (Å²) in [5.41, 5.74) is 6.56. The molecule has 2 unspecified atom stereocenters. The van der Waals surface area contributed by atoms with E-state index in [-0.39, 0.29) is 29.9 Å². The lowest BCUT2D eigenvalue weighted by Crippen LogP contribution is -2.40. The number of hydrogen-bond donors (Lipinski definition) is 3. The third-order valence-corrected chi connectivity index (χ3v) is 3.91. The lowest BCUT2D eigenvalue weighted by molar-refractivity contribution is -0.118. The molecule has 0 aliphatic rings. The minimum absolute atomic E-state index is 0. The van der Waals surface area contributed by atoms with Gasteiger partial charge in [-0.25, -0.2) is 8.42 Å². The molecule has 23 heavy (non-hydrogen) atoms. The highest BCUT2D eigenvalue weighted by atomic mass is 35.5. The summed E-state index contributed by atoms with van der Waals surface area (Å²) in [6, 6.07) is 4.05. The van der Waals surface area contributed by atoms with Gasteiger partial charge in [0.25, 0.3) is 0 Å². The van der Waals surface area contributed by atoms with Crippen LogP contribution in [-0.4, -0.2) is 33.7 Å². The summed E-state index contributed by atoms with van der Waals surface area (Å²) in [6.07, 6.45) is 1.83. The van der Waals surface area contributed by atoms with Crippen LogP contribution in [0.25, 0.3) is 0 Å². The maximum Gasteiger partial charge on any atom is 0.241 e. The zero-order valence-corrected chi connectivity index (χ0v) is 15.3. The molecule has 9 heteroatoms. The number of amides is 1. The largest absolute Gasteiger partial charge is 0.495 e. The van der Waals surface area contributed by atoms with Crippen LogP contribution in [0.5, 0.6) is 5.75 Å². The van der Waals surface area contributed by atoms with Crippen LogP contribution in [-0.2, 0) is 14.8 Å². The summed E-state index contributed by atoms with van der Waals surface area (Å²) in [5, 5.41) is 2.68. The molecule has 4 N–H and O–H groups in total. The van der Waals surface area contributed by atoms with Gasteiger partial charge in [0, 0.05) is 5.69 Å². The third kappa shape index (κ3) is 6.64. The molecule has 0 aliphatic carbocycles. The standard InChI is InChI=1S/C14H23N3O4S.ClH/c1-5-9(2)13(15)14(18)16-10-6-7-12(21-3)11(8-10)17-22(4,19)20;/h6-9,13,17H,5,15H2,1-4H3,(H,16,18);1H. The van der Waals surface area contributed by atoms with Crippen LogP contribution in [0.2, 0.25) is 0 Å². The van der Waals surface area contributed by atoms with Gasteiger partial charge in [-0.1, -0.05) is 20.3 Å². The predicted octanol–water partition coefficient (Wildman–Crippen LogP) is 1.80. The van der Waals surface area contributed by atoms with E-state index in [9.17, 15) is 13.2 Å². The van der Waals surface area contributed by atoms with Gasteiger partial charge in [-0.2, -0.15) is 0 Å². The molecule has 1 amide bonds. The Kier molecular flexibility index (Phi) is 8.36. The van der Waals surface area contributed by atoms with Crippen molar-refractivity contribution in [3.63, 3.8) is 0 Å². The second-order valence-corrected chi connectivity index (χ2v) is 6.94. The van der Waals surface area contributed by atoms with E-state index >= 15 is 0 Å². The fourth-order valence-electron chi connectivity index (χ4n) is 1.80. The van der Waals surface area contributed by atoms with Crippen LogP contribution in [0.15, 0.2) is 18.2 Å². The second-order valence-electron chi connectivity index (χ2n) is 5.19. The number of methoxy groups -OCH3 is 1. The van der Waals surface area contributed by atoms with Crippen LogP contribution in [0.3, 0.4) is 0 Å². The van der Waals surface area contributed by atoms with E-state index in [0.29, 0.717) is 11.4 Å². The highest BCUT2D eigenvalue weighted by Gasteiger charge is 2.20. The molecular formula is C14H24ClN3O4S. The first-order valence-corrected chi connectivity index (χ1v) is 8.79. The molecule has 2 atom stereocenters. The van der Waals surface area contributed by atoms with Gasteiger partial charge in [-0.3, -0.25) is 9.52 Å². The van der Waals surface area contributed by atoms with Gasteiger partial charge in [0.05, 0.1) is 25.1 Å². The molecule has 7 nitrogen and oxygen atoms in total. The minimum Gasteiger partial charge on any atom is -0.495 e. The van der Waals surface area contributed by atoms with E-state index < -0.39 is 16.1 Å². The molecule has 1 aromatic rings. The number of benzene rings is 1. The summed E-state index contributed by atoms with van der Waals surface area (Å²) < 4.78 is 30.2. The molecule has 132 valence electrons. The zero-order chi connectivity index (χ0) is 16.9. The van der Waals surface area contributed by atoms with Crippen molar-refractivity contribution in [2.75, 3.05) is 23.4 Å². The molecule has 0 heterocycles. The van der Waals surface area contributed by atoms with Crippen LogP contribution in [0.1, 0.15) is 20.3 Å². The number of anilines is 2. The smallest absolute Gasteiger partial charge is 0.241 e. The van der Waals surface area contributed by atoms with Crippen LogP contribution in [0, 0.1) is 5.92 Å². The van der Waals surface area contributed by atoms with Gasteiger partial charge in [0.1, 0.15) is 5.75 Å². The molecular weight excluding hydrogens is 342 g/mol. The van der Waals surface area contributed by atoms with E-state index in [2.05, 4.69) is 10.0 Å². The fraction of sp³-hybridized carbons (Fsp3) is 0.500. The number of carbonyl (C=O) groups excluding carboxylic acids is 1. The maximum absolute atomic E-state index is 12.1. The second kappa shape index (κ2) is 8.95. The van der Waals surface area contributed by atoms with E-state index in [0.717, 1.165) is 12.7 Å². The molecule has 0 fully saturated rings. The fourth-order valence-corrected chi connectivity index (χ4v) is 2.36. The number of ether oxygens (including phenoxy) is 1. The Morgan fingerprint density at radius 3 is 2.48 bits per heavy atom. The SMILES string of the molecule is CCC(C)C(N)C(=O)Nc1ccc(OC)c(NS(C)(=O)=O)c1.Cl. The molecule has 1 rings (SSSR count). The van der Waals surface area contributed by atoms with Crippen LogP contribution in [0.4, 0.5) is 11.4 Å². The Labute approximate surface area is 143 Å². The maximum atomic E-state index is 12.1. The van der Waals surface area contributed by atoms with Crippen molar-refractivity contribution in [2.45, 2.75) is 26.3 Å². The highest BCUT2D eigenvalue weighted by molar-refractivity contribution is 7.92. The number of halogens is 1. The lowest BCUT2D eigenvalue weighted by Gasteiger charge is -2.18. The first-order chi connectivity index (χ1) is 10.2. The Morgan fingerprint density at radius 1 is 1.39 bits per heavy atom. The average molecular weight is 366 g/mol. The average Bonchev–Trinajstić information content (AvgIpc) is 2.44. The number of sulfonamides is 1. The number of carbonyl (C=O) groups is 1. The number of hydrogen-bond acceptors (Lipinski definition) is 5. The molecule has 0 aromatic heterocycles. The van der Waals surface area contributed by atoms with Crippen molar-refractivity contribution in [2.24, 2.45) is 11.7 Å². The minimum atomic E-state index is -3.46. The van der Waals surface area contributed by atoms with Gasteiger partial charge in [0.15, 0.2) is 0 Å². The molecule has 1 aromatic carbocycles. The van der Waals surface area contributed by atoms with Crippen molar-refractivity contribution in [3.8, 4) is 5.75 Å². The van der Waals surface area contributed by atoms with E-state index in [1.165, 1.54) is 13.2 Å². The number of nitrogens with two attached hydrogens (primary N) is 1.